The van der Waals surface area contributed by atoms with Gasteiger partial charge in [-0.15, -0.1) is 0 Å². The molecule has 10 heteroatoms. The first kappa shape index (κ1) is 23.5. The highest BCUT2D eigenvalue weighted by Crippen LogP contribution is 2.39. The van der Waals surface area contributed by atoms with E-state index in [1.54, 1.807) is 23.1 Å². The number of rotatable bonds is 5. The van der Waals surface area contributed by atoms with E-state index < -0.39 is 29.5 Å². The number of carboxylic acid groups (broad SMARTS) is 1. The van der Waals surface area contributed by atoms with E-state index in [2.05, 4.69) is 0 Å². The lowest BCUT2D eigenvalue weighted by atomic mass is 9.96. The minimum atomic E-state index is -1.18. The number of nitrogens with zero attached hydrogens (tertiary/aromatic N) is 2. The van der Waals surface area contributed by atoms with Gasteiger partial charge in [-0.05, 0) is 42.5 Å². The molecule has 0 aromatic heterocycles. The van der Waals surface area contributed by atoms with E-state index in [-0.39, 0.29) is 44.0 Å². The molecule has 1 atom stereocenters. The number of methoxy groups -OCH3 is 2. The number of hydrogen-bond acceptors (Lipinski definition) is 6. The summed E-state index contributed by atoms with van der Waals surface area (Å²) in [4.78, 5) is 41.1. The summed E-state index contributed by atoms with van der Waals surface area (Å²) >= 11 is 0. The summed E-state index contributed by atoms with van der Waals surface area (Å²) in [5.74, 6) is -1.52. The summed E-state index contributed by atoms with van der Waals surface area (Å²) in [6.07, 6.45) is 0.478. The Hall–Kier alpha value is -3.66. The van der Waals surface area contributed by atoms with Crippen LogP contribution in [0.2, 0.25) is 0 Å². The van der Waals surface area contributed by atoms with Crippen LogP contribution >= 0.6 is 0 Å². The molecule has 2 heterocycles. The van der Waals surface area contributed by atoms with Crippen LogP contribution in [0.25, 0.3) is 0 Å². The quantitative estimate of drug-likeness (QED) is 0.712. The van der Waals surface area contributed by atoms with Crippen LogP contribution in [0.3, 0.4) is 0 Å². The van der Waals surface area contributed by atoms with Crippen LogP contribution in [-0.2, 0) is 9.53 Å². The Morgan fingerprint density at radius 3 is 2.18 bits per heavy atom. The van der Waals surface area contributed by atoms with Gasteiger partial charge in [0.15, 0.2) is 17.5 Å². The second-order valence-corrected chi connectivity index (χ2v) is 8.16. The predicted octanol–water partition coefficient (Wildman–Crippen LogP) is 2.40. The Morgan fingerprint density at radius 1 is 0.971 bits per heavy atom. The maximum Gasteiger partial charge on any atom is 0.328 e. The number of hydrogen-bond donors (Lipinski definition) is 1. The average molecular weight is 472 g/mol. The second kappa shape index (κ2) is 9.30. The molecule has 2 amide bonds. The third kappa shape index (κ3) is 4.16. The monoisotopic (exact) mass is 472 g/mol. The van der Waals surface area contributed by atoms with Crippen LogP contribution in [0.1, 0.15) is 33.6 Å². The van der Waals surface area contributed by atoms with E-state index in [1.165, 1.54) is 31.3 Å². The fourth-order valence-electron chi connectivity index (χ4n) is 4.50. The topological polar surface area (TPSA) is 106 Å². The molecular formula is C24H25FN2O7. The highest BCUT2D eigenvalue weighted by Gasteiger charge is 2.54. The molecule has 2 fully saturated rings. The molecule has 1 unspecified atom stereocenters. The zero-order valence-corrected chi connectivity index (χ0v) is 18.8. The summed E-state index contributed by atoms with van der Waals surface area (Å²) < 4.78 is 29.7. The Kier molecular flexibility index (Phi) is 6.43. The van der Waals surface area contributed by atoms with Gasteiger partial charge in [0.05, 0.1) is 20.8 Å². The minimum Gasteiger partial charge on any atom is -0.493 e. The van der Waals surface area contributed by atoms with Gasteiger partial charge in [-0.25, -0.2) is 9.18 Å². The van der Waals surface area contributed by atoms with Crippen molar-refractivity contribution in [2.45, 2.75) is 24.6 Å². The summed E-state index contributed by atoms with van der Waals surface area (Å²) in [7, 11) is 2.99. The van der Waals surface area contributed by atoms with E-state index >= 15 is 0 Å². The molecule has 9 nitrogen and oxygen atoms in total. The highest BCUT2D eigenvalue weighted by molar-refractivity contribution is 5.98. The fraction of sp³-hybridized carbons (Fsp3) is 0.375. The predicted molar refractivity (Wildman–Crippen MR) is 117 cm³/mol. The zero-order valence-electron chi connectivity index (χ0n) is 18.8. The molecule has 0 saturated carbocycles. The van der Waals surface area contributed by atoms with E-state index in [1.807, 2.05) is 0 Å². The number of ether oxygens (including phenoxy) is 3. The van der Waals surface area contributed by atoms with E-state index in [4.69, 9.17) is 14.2 Å². The van der Waals surface area contributed by atoms with Crippen LogP contribution in [-0.4, -0.2) is 78.4 Å². The van der Waals surface area contributed by atoms with Gasteiger partial charge in [0.25, 0.3) is 11.8 Å². The first-order chi connectivity index (χ1) is 16.3. The number of benzene rings is 2. The van der Waals surface area contributed by atoms with Gasteiger partial charge in [0.2, 0.25) is 0 Å². The molecule has 1 spiro atoms. The van der Waals surface area contributed by atoms with Crippen LogP contribution < -0.4 is 9.47 Å². The van der Waals surface area contributed by atoms with Gasteiger partial charge in [0, 0.05) is 37.1 Å². The van der Waals surface area contributed by atoms with Crippen molar-refractivity contribution >= 4 is 17.8 Å². The number of piperidine rings is 1. The van der Waals surface area contributed by atoms with Gasteiger partial charge in [-0.1, -0.05) is 0 Å². The summed E-state index contributed by atoms with van der Waals surface area (Å²) in [5, 5.41) is 9.70. The molecule has 4 rings (SSSR count). The standard InChI is InChI=1S/C24H25FN2O7/c1-32-19-8-5-16(13-20(19)33-2)21(28)26-11-9-24(10-12-26)27(18(14-34-24)23(30)31)22(29)15-3-6-17(25)7-4-15/h3-8,13,18H,9-12,14H2,1-2H3,(H,30,31). The normalized spacial score (nSPS) is 19.2. The van der Waals surface area contributed by atoms with Gasteiger partial charge >= 0.3 is 5.97 Å². The Labute approximate surface area is 195 Å². The van der Waals surface area contributed by atoms with Crippen molar-refractivity contribution in [3.8, 4) is 11.5 Å². The van der Waals surface area contributed by atoms with Crippen LogP contribution in [0, 0.1) is 5.82 Å². The molecule has 0 aliphatic carbocycles. The molecular weight excluding hydrogens is 447 g/mol. The van der Waals surface area contributed by atoms with Crippen LogP contribution in [0.5, 0.6) is 11.5 Å². The highest BCUT2D eigenvalue weighted by atomic mass is 19.1. The summed E-state index contributed by atoms with van der Waals surface area (Å²) in [5.41, 5.74) is -0.576. The second-order valence-electron chi connectivity index (χ2n) is 8.16. The molecule has 1 N–H and O–H groups in total. The summed E-state index contributed by atoms with van der Waals surface area (Å²) in [6.45, 7) is 0.353. The third-order valence-electron chi connectivity index (χ3n) is 6.32. The van der Waals surface area contributed by atoms with Crippen molar-refractivity contribution in [3.05, 3.63) is 59.4 Å². The van der Waals surface area contributed by atoms with Crippen molar-refractivity contribution in [1.82, 2.24) is 9.80 Å². The van der Waals surface area contributed by atoms with Gasteiger partial charge in [-0.3, -0.25) is 14.5 Å². The SMILES string of the molecule is COc1ccc(C(=O)N2CCC3(CC2)OCC(C(=O)O)N3C(=O)c2ccc(F)cc2)cc1OC. The molecule has 34 heavy (non-hydrogen) atoms. The summed E-state index contributed by atoms with van der Waals surface area (Å²) in [6, 6.07) is 8.65. The number of halogens is 1. The number of carbonyl (C=O) groups is 3. The molecule has 2 aliphatic rings. The van der Waals surface area contributed by atoms with Crippen molar-refractivity contribution in [2.24, 2.45) is 0 Å². The molecule has 2 aromatic rings. The third-order valence-corrected chi connectivity index (χ3v) is 6.32. The largest absolute Gasteiger partial charge is 0.493 e. The van der Waals surface area contributed by atoms with E-state index in [0.717, 1.165) is 12.1 Å². The lowest BCUT2D eigenvalue weighted by Crippen LogP contribution is -2.58. The maximum absolute atomic E-state index is 13.3. The molecule has 180 valence electrons. The number of carbonyl (C=O) groups excluding carboxylic acids is 2. The Balaban J connectivity index is 1.54. The van der Waals surface area contributed by atoms with Crippen molar-refractivity contribution in [1.29, 1.82) is 0 Å². The van der Waals surface area contributed by atoms with E-state index in [0.29, 0.717) is 17.1 Å². The number of likely N-dealkylation sites (tertiary alicyclic amines) is 1. The van der Waals surface area contributed by atoms with Gasteiger partial charge in [-0.2, -0.15) is 0 Å². The first-order valence-electron chi connectivity index (χ1n) is 10.8. The lowest BCUT2D eigenvalue weighted by Gasteiger charge is -2.44. The Morgan fingerprint density at radius 2 is 1.59 bits per heavy atom. The molecule has 0 radical (unpaired) electrons. The maximum atomic E-state index is 13.3. The molecule has 2 aromatic carbocycles. The number of carboxylic acids is 1. The molecule has 0 bridgehead atoms. The smallest absolute Gasteiger partial charge is 0.328 e. The van der Waals surface area contributed by atoms with Gasteiger partial charge in [0.1, 0.15) is 11.5 Å². The fourth-order valence-corrected chi connectivity index (χ4v) is 4.50. The number of aliphatic carboxylic acids is 1. The minimum absolute atomic E-state index is 0.161. The first-order valence-corrected chi connectivity index (χ1v) is 10.8. The number of amides is 2. The van der Waals surface area contributed by atoms with Crippen molar-refractivity contribution in [2.75, 3.05) is 33.9 Å². The van der Waals surface area contributed by atoms with Crippen molar-refractivity contribution in [3.63, 3.8) is 0 Å². The van der Waals surface area contributed by atoms with Crippen molar-refractivity contribution < 1.29 is 38.1 Å². The zero-order chi connectivity index (χ0) is 24.5. The Bertz CT molecular complexity index is 1100. The molecule has 2 saturated heterocycles. The average Bonchev–Trinajstić information content (AvgIpc) is 3.22. The lowest BCUT2D eigenvalue weighted by molar-refractivity contribution is -0.143. The van der Waals surface area contributed by atoms with Crippen LogP contribution in [0.15, 0.2) is 42.5 Å². The van der Waals surface area contributed by atoms with E-state index in [9.17, 15) is 23.9 Å². The van der Waals surface area contributed by atoms with Crippen LogP contribution in [0.4, 0.5) is 4.39 Å². The molecule has 2 aliphatic heterocycles. The van der Waals surface area contributed by atoms with Gasteiger partial charge < -0.3 is 24.2 Å².